The van der Waals surface area contributed by atoms with Crippen molar-refractivity contribution < 1.29 is 19.3 Å². The van der Waals surface area contributed by atoms with Gasteiger partial charge >= 0.3 is 0 Å². The summed E-state index contributed by atoms with van der Waals surface area (Å²) in [6, 6.07) is 0.595. The highest BCUT2D eigenvalue weighted by Gasteiger charge is 2.45. The summed E-state index contributed by atoms with van der Waals surface area (Å²) in [7, 11) is 0. The Hall–Kier alpha value is -0.200. The number of aliphatic hydroxyl groups excluding tert-OH is 1. The predicted molar refractivity (Wildman–Crippen MR) is 77.2 cm³/mol. The van der Waals surface area contributed by atoms with Gasteiger partial charge in [0, 0.05) is 32.2 Å². The van der Waals surface area contributed by atoms with Gasteiger partial charge in [-0.1, -0.05) is 0 Å². The lowest BCUT2D eigenvalue weighted by molar-refractivity contribution is -0.156. The van der Waals surface area contributed by atoms with Crippen LogP contribution in [0.2, 0.25) is 0 Å². The van der Waals surface area contributed by atoms with E-state index in [1.54, 1.807) is 0 Å². The Kier molecular flexibility index (Phi) is 3.96. The standard InChI is InChI=1S/C16H27NO4/c18-15(14-9-17-5-1-2-13(17)10-20-14)12-3-6-21-16(8-12)4-7-19-11-16/h12-15,18H,1-11H2. The average molecular weight is 297 g/mol. The van der Waals surface area contributed by atoms with E-state index in [0.29, 0.717) is 12.6 Å². The normalized spacial score (nSPS) is 45.9. The van der Waals surface area contributed by atoms with Crippen LogP contribution in [-0.2, 0) is 14.2 Å². The molecule has 0 aromatic rings. The Bertz CT molecular complexity index is 371. The molecule has 0 bridgehead atoms. The van der Waals surface area contributed by atoms with E-state index in [1.165, 1.54) is 19.4 Å². The molecule has 0 aromatic heterocycles. The third-order valence-corrected chi connectivity index (χ3v) is 5.88. The van der Waals surface area contributed by atoms with Gasteiger partial charge in [0.15, 0.2) is 0 Å². The first-order valence-corrected chi connectivity index (χ1v) is 8.51. The molecule has 1 spiro atoms. The Balaban J connectivity index is 1.38. The molecule has 4 heterocycles. The van der Waals surface area contributed by atoms with E-state index < -0.39 is 0 Å². The number of ether oxygens (including phenoxy) is 3. The molecule has 4 saturated heterocycles. The van der Waals surface area contributed by atoms with Crippen LogP contribution in [0.5, 0.6) is 0 Å². The molecule has 4 fully saturated rings. The molecule has 0 radical (unpaired) electrons. The minimum absolute atomic E-state index is 0.0261. The van der Waals surface area contributed by atoms with E-state index in [4.69, 9.17) is 14.2 Å². The molecule has 0 aromatic carbocycles. The van der Waals surface area contributed by atoms with E-state index in [1.807, 2.05) is 0 Å². The molecule has 4 aliphatic rings. The van der Waals surface area contributed by atoms with Crippen LogP contribution in [-0.4, -0.2) is 73.4 Å². The van der Waals surface area contributed by atoms with Crippen molar-refractivity contribution in [3.63, 3.8) is 0 Å². The van der Waals surface area contributed by atoms with E-state index in [0.717, 1.165) is 45.6 Å². The van der Waals surface area contributed by atoms with Crippen molar-refractivity contribution in [2.24, 2.45) is 5.92 Å². The van der Waals surface area contributed by atoms with Crippen LogP contribution >= 0.6 is 0 Å². The molecule has 0 aliphatic carbocycles. The quantitative estimate of drug-likeness (QED) is 0.817. The smallest absolute Gasteiger partial charge is 0.0964 e. The lowest BCUT2D eigenvalue weighted by Crippen LogP contribution is -2.54. The third kappa shape index (κ3) is 2.75. The molecule has 21 heavy (non-hydrogen) atoms. The van der Waals surface area contributed by atoms with Crippen LogP contribution in [0.1, 0.15) is 32.1 Å². The molecule has 0 amide bonds. The molecular formula is C16H27NO4. The summed E-state index contributed by atoms with van der Waals surface area (Å²) in [5.74, 6) is 0.282. The second-order valence-electron chi connectivity index (χ2n) is 7.24. The topological polar surface area (TPSA) is 51.2 Å². The number of hydrogen-bond donors (Lipinski definition) is 1. The average Bonchev–Trinajstić information content (AvgIpc) is 3.15. The Labute approximate surface area is 126 Å². The Morgan fingerprint density at radius 2 is 2.19 bits per heavy atom. The molecule has 4 aliphatic heterocycles. The molecule has 0 saturated carbocycles. The summed E-state index contributed by atoms with van der Waals surface area (Å²) in [5, 5.41) is 10.8. The highest BCUT2D eigenvalue weighted by Crippen LogP contribution is 2.38. The van der Waals surface area contributed by atoms with Gasteiger partial charge in [-0.15, -0.1) is 0 Å². The van der Waals surface area contributed by atoms with Crippen molar-refractivity contribution in [1.29, 1.82) is 0 Å². The van der Waals surface area contributed by atoms with Crippen LogP contribution in [0.15, 0.2) is 0 Å². The van der Waals surface area contributed by atoms with Gasteiger partial charge < -0.3 is 19.3 Å². The first-order valence-electron chi connectivity index (χ1n) is 8.51. The van der Waals surface area contributed by atoms with Gasteiger partial charge in [0.2, 0.25) is 0 Å². The number of fused-ring (bicyclic) bond motifs is 1. The molecule has 5 nitrogen and oxygen atoms in total. The van der Waals surface area contributed by atoms with Crippen molar-refractivity contribution in [3.8, 4) is 0 Å². The van der Waals surface area contributed by atoms with Crippen molar-refractivity contribution in [2.75, 3.05) is 39.5 Å². The van der Waals surface area contributed by atoms with Crippen molar-refractivity contribution >= 4 is 0 Å². The molecule has 5 atom stereocenters. The monoisotopic (exact) mass is 297 g/mol. The number of aliphatic hydroxyl groups is 1. The summed E-state index contributed by atoms with van der Waals surface area (Å²) in [6.45, 7) is 5.08. The SMILES string of the molecule is OC(C1CCOC2(CCOC2)C1)C1CN2CCCC2CO1. The summed E-state index contributed by atoms with van der Waals surface area (Å²) in [5.41, 5.74) is -0.130. The summed E-state index contributed by atoms with van der Waals surface area (Å²) < 4.78 is 17.5. The van der Waals surface area contributed by atoms with E-state index in [-0.39, 0.29) is 23.7 Å². The molecule has 5 heteroatoms. The fourth-order valence-electron chi connectivity index (χ4n) is 4.57. The van der Waals surface area contributed by atoms with E-state index in [2.05, 4.69) is 4.90 Å². The van der Waals surface area contributed by atoms with Crippen molar-refractivity contribution in [1.82, 2.24) is 4.90 Å². The number of nitrogens with zero attached hydrogens (tertiary/aromatic N) is 1. The van der Waals surface area contributed by atoms with Crippen LogP contribution in [0.3, 0.4) is 0 Å². The zero-order valence-electron chi connectivity index (χ0n) is 12.7. The lowest BCUT2D eigenvalue weighted by Gasteiger charge is -2.43. The molecule has 120 valence electrons. The second-order valence-corrected chi connectivity index (χ2v) is 7.24. The maximum Gasteiger partial charge on any atom is 0.0964 e. The summed E-state index contributed by atoms with van der Waals surface area (Å²) >= 11 is 0. The highest BCUT2D eigenvalue weighted by atomic mass is 16.6. The molecule has 1 N–H and O–H groups in total. The Morgan fingerprint density at radius 1 is 1.24 bits per heavy atom. The first-order chi connectivity index (χ1) is 10.3. The van der Waals surface area contributed by atoms with Crippen LogP contribution in [0, 0.1) is 5.92 Å². The maximum atomic E-state index is 10.8. The molecule has 4 rings (SSSR count). The van der Waals surface area contributed by atoms with Crippen LogP contribution in [0.4, 0.5) is 0 Å². The number of morpholine rings is 1. The van der Waals surface area contributed by atoms with E-state index >= 15 is 0 Å². The van der Waals surface area contributed by atoms with Crippen molar-refractivity contribution in [2.45, 2.75) is 56.0 Å². The molecule has 5 unspecified atom stereocenters. The predicted octanol–water partition coefficient (Wildman–Crippen LogP) is 0.796. The minimum Gasteiger partial charge on any atom is -0.390 e. The van der Waals surface area contributed by atoms with Crippen LogP contribution in [0.25, 0.3) is 0 Å². The van der Waals surface area contributed by atoms with Crippen molar-refractivity contribution in [3.05, 3.63) is 0 Å². The Morgan fingerprint density at radius 3 is 3.05 bits per heavy atom. The van der Waals surface area contributed by atoms with E-state index in [9.17, 15) is 5.11 Å². The third-order valence-electron chi connectivity index (χ3n) is 5.88. The maximum absolute atomic E-state index is 10.8. The van der Waals surface area contributed by atoms with Gasteiger partial charge in [-0.3, -0.25) is 4.90 Å². The number of hydrogen-bond acceptors (Lipinski definition) is 5. The fraction of sp³-hybridized carbons (Fsp3) is 1.00. The van der Waals surface area contributed by atoms with Gasteiger partial charge in [-0.05, 0) is 38.1 Å². The second kappa shape index (κ2) is 5.78. The summed E-state index contributed by atoms with van der Waals surface area (Å²) in [6.07, 6.45) is 4.95. The largest absolute Gasteiger partial charge is 0.390 e. The van der Waals surface area contributed by atoms with Gasteiger partial charge in [-0.2, -0.15) is 0 Å². The summed E-state index contributed by atoms with van der Waals surface area (Å²) in [4.78, 5) is 2.51. The van der Waals surface area contributed by atoms with Crippen LogP contribution < -0.4 is 0 Å². The van der Waals surface area contributed by atoms with Gasteiger partial charge in [-0.25, -0.2) is 0 Å². The first kappa shape index (κ1) is 14.4. The fourth-order valence-corrected chi connectivity index (χ4v) is 4.57. The molecular weight excluding hydrogens is 270 g/mol. The van der Waals surface area contributed by atoms with Gasteiger partial charge in [0.25, 0.3) is 0 Å². The van der Waals surface area contributed by atoms with Gasteiger partial charge in [0.1, 0.15) is 0 Å². The highest BCUT2D eigenvalue weighted by molar-refractivity contribution is 4.95. The minimum atomic E-state index is -0.368. The lowest BCUT2D eigenvalue weighted by atomic mass is 9.80. The zero-order valence-corrected chi connectivity index (χ0v) is 12.7. The zero-order chi connectivity index (χ0) is 14.3. The van der Waals surface area contributed by atoms with Gasteiger partial charge in [0.05, 0.1) is 31.0 Å². The number of rotatable bonds is 2.